The van der Waals surface area contributed by atoms with Gasteiger partial charge in [0.05, 0.1) is 23.2 Å². The maximum absolute atomic E-state index is 12.7. The Balaban J connectivity index is 0.00000363. The van der Waals surface area contributed by atoms with E-state index in [0.717, 1.165) is 58.1 Å². The lowest BCUT2D eigenvalue weighted by molar-refractivity contribution is -0.135. The van der Waals surface area contributed by atoms with Gasteiger partial charge >= 0.3 is 0 Å². The van der Waals surface area contributed by atoms with Gasteiger partial charge in [-0.1, -0.05) is 18.2 Å². The van der Waals surface area contributed by atoms with Crippen molar-refractivity contribution in [3.05, 3.63) is 30.3 Å². The summed E-state index contributed by atoms with van der Waals surface area (Å²) in [6.45, 7) is 9.79. The minimum Gasteiger partial charge on any atom is -0.357 e. The second-order valence-corrected chi connectivity index (χ2v) is 10.2. The molecule has 1 amide bonds. The van der Waals surface area contributed by atoms with Crippen molar-refractivity contribution in [2.75, 3.05) is 58.1 Å². The van der Waals surface area contributed by atoms with E-state index in [9.17, 15) is 13.2 Å². The lowest BCUT2D eigenvalue weighted by Crippen LogP contribution is -2.57. The number of carbonyl (C=O) groups excluding carboxylic acids is 1. The van der Waals surface area contributed by atoms with E-state index in [1.165, 1.54) is 0 Å². The SMILES string of the molecule is CCNC(=NCCS(=O)(=O)c1ccccc1)N1CCN(C(C)C(=O)N2CCCC2)CC1.I. The van der Waals surface area contributed by atoms with Crippen LogP contribution in [0.2, 0.25) is 0 Å². The molecule has 1 unspecified atom stereocenters. The second-order valence-electron chi connectivity index (χ2n) is 8.10. The fourth-order valence-corrected chi connectivity index (χ4v) is 5.26. The Kier molecular flexibility index (Phi) is 10.7. The van der Waals surface area contributed by atoms with Crippen molar-refractivity contribution in [3.63, 3.8) is 0 Å². The predicted octanol–water partition coefficient (Wildman–Crippen LogP) is 1.67. The summed E-state index contributed by atoms with van der Waals surface area (Å²) in [6.07, 6.45) is 2.21. The van der Waals surface area contributed by atoms with Gasteiger partial charge in [-0.05, 0) is 38.8 Å². The summed E-state index contributed by atoms with van der Waals surface area (Å²) in [7, 11) is -3.34. The zero-order valence-corrected chi connectivity index (χ0v) is 22.2. The molecule has 1 aromatic rings. The maximum Gasteiger partial charge on any atom is 0.239 e. The number of rotatable bonds is 7. The number of guanidine groups is 1. The van der Waals surface area contributed by atoms with Gasteiger partial charge in [-0.25, -0.2) is 8.42 Å². The van der Waals surface area contributed by atoms with Crippen LogP contribution in [0.5, 0.6) is 0 Å². The van der Waals surface area contributed by atoms with E-state index < -0.39 is 9.84 Å². The smallest absolute Gasteiger partial charge is 0.239 e. The van der Waals surface area contributed by atoms with E-state index in [1.807, 2.05) is 18.7 Å². The number of likely N-dealkylation sites (tertiary alicyclic amines) is 1. The van der Waals surface area contributed by atoms with E-state index in [-0.39, 0.29) is 48.2 Å². The normalized spacial score (nSPS) is 18.9. The van der Waals surface area contributed by atoms with Gasteiger partial charge < -0.3 is 15.1 Å². The molecule has 2 heterocycles. The fraction of sp³-hybridized carbons (Fsp3) is 0.636. The highest BCUT2D eigenvalue weighted by atomic mass is 127. The number of sulfone groups is 1. The molecule has 180 valence electrons. The van der Waals surface area contributed by atoms with Crippen molar-refractivity contribution in [2.45, 2.75) is 37.6 Å². The van der Waals surface area contributed by atoms with Crippen molar-refractivity contribution in [1.29, 1.82) is 0 Å². The highest BCUT2D eigenvalue weighted by Crippen LogP contribution is 2.14. The van der Waals surface area contributed by atoms with Crippen LogP contribution in [0.1, 0.15) is 26.7 Å². The molecule has 2 aliphatic rings. The zero-order chi connectivity index (χ0) is 22.3. The first-order valence-electron chi connectivity index (χ1n) is 11.3. The van der Waals surface area contributed by atoms with Gasteiger partial charge in [0.25, 0.3) is 0 Å². The van der Waals surface area contributed by atoms with Crippen LogP contribution >= 0.6 is 24.0 Å². The quantitative estimate of drug-likeness (QED) is 0.302. The van der Waals surface area contributed by atoms with Crippen LogP contribution in [-0.4, -0.2) is 99.1 Å². The zero-order valence-electron chi connectivity index (χ0n) is 19.1. The molecule has 2 fully saturated rings. The van der Waals surface area contributed by atoms with E-state index in [2.05, 4.69) is 20.1 Å². The summed E-state index contributed by atoms with van der Waals surface area (Å²) in [4.78, 5) is 24.0. The minimum absolute atomic E-state index is 0. The molecule has 32 heavy (non-hydrogen) atoms. The topological polar surface area (TPSA) is 85.3 Å². The van der Waals surface area contributed by atoms with Crippen LogP contribution in [-0.2, 0) is 14.6 Å². The van der Waals surface area contributed by atoms with E-state index in [1.54, 1.807) is 30.3 Å². The number of aliphatic imine (C=N–C) groups is 1. The first-order valence-corrected chi connectivity index (χ1v) is 12.9. The van der Waals surface area contributed by atoms with Crippen LogP contribution in [0.3, 0.4) is 0 Å². The van der Waals surface area contributed by atoms with E-state index in [4.69, 9.17) is 0 Å². The van der Waals surface area contributed by atoms with Gasteiger partial charge in [-0.2, -0.15) is 0 Å². The number of amides is 1. The van der Waals surface area contributed by atoms with Crippen LogP contribution in [0.15, 0.2) is 40.2 Å². The summed E-state index contributed by atoms with van der Waals surface area (Å²) in [5.74, 6) is 0.953. The number of hydrogen-bond acceptors (Lipinski definition) is 5. The Morgan fingerprint density at radius 3 is 2.25 bits per heavy atom. The number of piperazine rings is 1. The number of hydrogen-bond donors (Lipinski definition) is 1. The Morgan fingerprint density at radius 2 is 1.66 bits per heavy atom. The lowest BCUT2D eigenvalue weighted by Gasteiger charge is -2.39. The third kappa shape index (κ3) is 7.05. The molecule has 0 saturated carbocycles. The van der Waals surface area contributed by atoms with Gasteiger partial charge in [-0.15, -0.1) is 24.0 Å². The average Bonchev–Trinajstić information content (AvgIpc) is 3.33. The highest BCUT2D eigenvalue weighted by Gasteiger charge is 2.30. The molecule has 0 spiro atoms. The van der Waals surface area contributed by atoms with Crippen LogP contribution in [0, 0.1) is 0 Å². The number of halogens is 1. The van der Waals surface area contributed by atoms with Crippen molar-refractivity contribution in [2.24, 2.45) is 4.99 Å². The molecular formula is C22H36IN5O3S. The molecule has 8 nitrogen and oxygen atoms in total. The van der Waals surface area contributed by atoms with Gasteiger partial charge in [-0.3, -0.25) is 14.7 Å². The van der Waals surface area contributed by atoms with E-state index in [0.29, 0.717) is 11.4 Å². The first kappa shape index (κ1) is 26.8. The number of carbonyl (C=O) groups is 1. The van der Waals surface area contributed by atoms with Gasteiger partial charge in [0, 0.05) is 45.8 Å². The summed E-state index contributed by atoms with van der Waals surface area (Å²) in [5.41, 5.74) is 0. The highest BCUT2D eigenvalue weighted by molar-refractivity contribution is 14.0. The standard InChI is InChI=1S/C22H35N5O3S.HI/c1-3-23-22(24-11-18-31(29,30)20-9-5-4-6-10-20)27-16-14-25(15-17-27)19(2)21(28)26-12-7-8-13-26;/h4-6,9-10,19H,3,7-8,11-18H2,1-2H3,(H,23,24);1H. The minimum atomic E-state index is -3.34. The Morgan fingerprint density at radius 1 is 1.03 bits per heavy atom. The van der Waals surface area contributed by atoms with Crippen molar-refractivity contribution < 1.29 is 13.2 Å². The summed E-state index contributed by atoms with van der Waals surface area (Å²) >= 11 is 0. The molecule has 10 heteroatoms. The van der Waals surface area contributed by atoms with Crippen molar-refractivity contribution >= 4 is 45.7 Å². The lowest BCUT2D eigenvalue weighted by atomic mass is 10.2. The Hall–Kier alpha value is -1.40. The second kappa shape index (κ2) is 12.7. The molecule has 1 aromatic carbocycles. The number of nitrogens with zero attached hydrogens (tertiary/aromatic N) is 4. The van der Waals surface area contributed by atoms with Gasteiger partial charge in [0.15, 0.2) is 15.8 Å². The van der Waals surface area contributed by atoms with Gasteiger partial charge in [0.1, 0.15) is 0 Å². The van der Waals surface area contributed by atoms with Gasteiger partial charge in [0.2, 0.25) is 5.91 Å². The summed E-state index contributed by atoms with van der Waals surface area (Å²) in [5, 5.41) is 3.28. The molecule has 2 saturated heterocycles. The van der Waals surface area contributed by atoms with Crippen LogP contribution in [0.25, 0.3) is 0 Å². The van der Waals surface area contributed by atoms with Crippen molar-refractivity contribution in [3.8, 4) is 0 Å². The largest absolute Gasteiger partial charge is 0.357 e. The third-order valence-corrected chi connectivity index (χ3v) is 7.71. The molecule has 0 aromatic heterocycles. The molecule has 3 rings (SSSR count). The van der Waals surface area contributed by atoms with E-state index >= 15 is 0 Å². The monoisotopic (exact) mass is 577 g/mol. The van der Waals surface area contributed by atoms with Crippen LogP contribution in [0.4, 0.5) is 0 Å². The fourth-order valence-electron chi connectivity index (χ4n) is 4.12. The number of nitrogens with one attached hydrogen (secondary N) is 1. The maximum atomic E-state index is 12.7. The molecule has 0 radical (unpaired) electrons. The summed E-state index contributed by atoms with van der Waals surface area (Å²) in [6, 6.07) is 8.40. The predicted molar refractivity (Wildman–Crippen MR) is 138 cm³/mol. The Bertz CT molecular complexity index is 852. The summed E-state index contributed by atoms with van der Waals surface area (Å²) < 4.78 is 25.0. The van der Waals surface area contributed by atoms with Crippen molar-refractivity contribution in [1.82, 2.24) is 20.0 Å². The molecular weight excluding hydrogens is 541 g/mol. The molecule has 0 bridgehead atoms. The molecule has 0 aliphatic carbocycles. The average molecular weight is 578 g/mol. The Labute approximate surface area is 209 Å². The molecule has 2 aliphatic heterocycles. The molecule has 1 N–H and O–H groups in total. The third-order valence-electron chi connectivity index (χ3n) is 6.00. The first-order chi connectivity index (χ1) is 14.9. The van der Waals surface area contributed by atoms with Crippen LogP contribution < -0.4 is 5.32 Å². The number of benzene rings is 1. The molecule has 1 atom stereocenters.